The Balaban J connectivity index is 2.98. The molecule has 1 aromatic heterocycles. The Labute approximate surface area is 102 Å². The molecule has 4 heteroatoms. The zero-order valence-electron chi connectivity index (χ0n) is 10.8. The highest BCUT2D eigenvalue weighted by molar-refractivity contribution is 5.62. The van der Waals surface area contributed by atoms with E-state index in [1.807, 2.05) is 25.1 Å². The number of hydrogen-bond donors (Lipinski definition) is 1. The first-order chi connectivity index (χ1) is 7.96. The largest absolute Gasteiger partial charge is 0.369 e. The van der Waals surface area contributed by atoms with E-state index in [-0.39, 0.29) is 11.2 Å². The quantitative estimate of drug-likeness (QED) is 0.867. The highest BCUT2D eigenvalue weighted by Gasteiger charge is 2.12. The van der Waals surface area contributed by atoms with Crippen molar-refractivity contribution in [3.63, 3.8) is 0 Å². The lowest BCUT2D eigenvalue weighted by molar-refractivity contribution is 0.442. The fraction of sp³-hybridized carbons (Fsp3) is 0.462. The van der Waals surface area contributed by atoms with Crippen LogP contribution in [0.3, 0.4) is 0 Å². The first-order valence-electron chi connectivity index (χ1n) is 5.60. The minimum absolute atomic E-state index is 0.158. The summed E-state index contributed by atoms with van der Waals surface area (Å²) in [4.78, 5) is 8.14. The van der Waals surface area contributed by atoms with E-state index in [9.17, 15) is 0 Å². The second-order valence-electron chi connectivity index (χ2n) is 5.02. The first-order valence-corrected chi connectivity index (χ1v) is 5.60. The Bertz CT molecular complexity index is 449. The number of nitriles is 1. The van der Waals surface area contributed by atoms with Gasteiger partial charge in [-0.15, -0.1) is 0 Å². The maximum absolute atomic E-state index is 8.79. The predicted octanol–water partition coefficient (Wildman–Crippen LogP) is 2.84. The molecule has 0 saturated heterocycles. The van der Waals surface area contributed by atoms with E-state index in [1.165, 1.54) is 0 Å². The number of allylic oxidation sites excluding steroid dienone is 1. The average Bonchev–Trinajstić information content (AvgIpc) is 2.27. The number of aromatic nitrogens is 2. The zero-order valence-corrected chi connectivity index (χ0v) is 10.8. The average molecular weight is 230 g/mol. The molecule has 0 fully saturated rings. The van der Waals surface area contributed by atoms with E-state index in [2.05, 4.69) is 36.1 Å². The van der Waals surface area contributed by atoms with E-state index in [0.717, 1.165) is 12.1 Å². The molecule has 0 atom stereocenters. The summed E-state index contributed by atoms with van der Waals surface area (Å²) in [6.07, 6.45) is 5.51. The van der Waals surface area contributed by atoms with Crippen LogP contribution in [0.25, 0.3) is 6.08 Å². The third-order valence-electron chi connectivity index (χ3n) is 2.05. The second-order valence-corrected chi connectivity index (χ2v) is 5.02. The number of rotatable bonds is 3. The van der Waals surface area contributed by atoms with Gasteiger partial charge in [0.2, 0.25) is 5.82 Å². The fourth-order valence-corrected chi connectivity index (χ4v) is 1.24. The Morgan fingerprint density at radius 2 is 2.18 bits per heavy atom. The summed E-state index contributed by atoms with van der Waals surface area (Å²) in [7, 11) is 0. The summed E-state index contributed by atoms with van der Waals surface area (Å²) in [5, 5.41) is 12.0. The molecule has 1 rings (SSSR count). The van der Waals surface area contributed by atoms with Crippen molar-refractivity contribution in [2.24, 2.45) is 5.41 Å². The summed E-state index contributed by atoms with van der Waals surface area (Å²) < 4.78 is 0. The van der Waals surface area contributed by atoms with Gasteiger partial charge in [0.25, 0.3) is 0 Å². The summed E-state index contributed by atoms with van der Waals surface area (Å²) in [6, 6.07) is 1.95. The zero-order chi connectivity index (χ0) is 12.9. The monoisotopic (exact) mass is 230 g/mol. The highest BCUT2D eigenvalue weighted by atomic mass is 15.0. The maximum atomic E-state index is 8.79. The number of anilines is 1. The Morgan fingerprint density at radius 3 is 2.71 bits per heavy atom. The molecule has 4 nitrogen and oxygen atoms in total. The van der Waals surface area contributed by atoms with Crippen LogP contribution < -0.4 is 5.32 Å². The molecule has 1 aromatic rings. The Kier molecular flexibility index (Phi) is 4.22. The molecular formula is C13H18N4. The topological polar surface area (TPSA) is 61.6 Å². The minimum Gasteiger partial charge on any atom is -0.369 e. The van der Waals surface area contributed by atoms with Crippen LogP contribution in [0.1, 0.15) is 39.1 Å². The van der Waals surface area contributed by atoms with Gasteiger partial charge in [-0.05, 0) is 12.3 Å². The van der Waals surface area contributed by atoms with Crippen molar-refractivity contribution in [2.45, 2.75) is 27.7 Å². The van der Waals surface area contributed by atoms with Crippen LogP contribution in [0.2, 0.25) is 0 Å². The van der Waals surface area contributed by atoms with Gasteiger partial charge in [-0.1, -0.05) is 32.9 Å². The van der Waals surface area contributed by atoms with Gasteiger partial charge in [0.1, 0.15) is 11.9 Å². The molecule has 0 radical (unpaired) electrons. The molecule has 1 N–H and O–H groups in total. The van der Waals surface area contributed by atoms with Crippen LogP contribution in [-0.2, 0) is 0 Å². The van der Waals surface area contributed by atoms with Gasteiger partial charge in [0.05, 0.1) is 0 Å². The van der Waals surface area contributed by atoms with Gasteiger partial charge in [0, 0.05) is 18.3 Å². The molecule has 0 aliphatic carbocycles. The van der Waals surface area contributed by atoms with Crippen molar-refractivity contribution in [1.29, 1.82) is 5.26 Å². The van der Waals surface area contributed by atoms with Crippen molar-refractivity contribution < 1.29 is 0 Å². The molecule has 0 aliphatic heterocycles. The van der Waals surface area contributed by atoms with Crippen molar-refractivity contribution in [2.75, 3.05) is 11.9 Å². The SMILES string of the molecule is C/C=C/c1cnc(C#N)nc1NCC(C)(C)C. The molecule has 0 aliphatic rings. The molecule has 0 unspecified atom stereocenters. The van der Waals surface area contributed by atoms with Gasteiger partial charge in [0.15, 0.2) is 0 Å². The normalized spacial score (nSPS) is 11.5. The summed E-state index contributed by atoms with van der Waals surface area (Å²) in [5.74, 6) is 0.902. The number of hydrogen-bond acceptors (Lipinski definition) is 4. The van der Waals surface area contributed by atoms with Crippen molar-refractivity contribution in [3.8, 4) is 6.07 Å². The molecule has 0 saturated carbocycles. The predicted molar refractivity (Wildman–Crippen MR) is 69.4 cm³/mol. The van der Waals surface area contributed by atoms with Gasteiger partial charge in [-0.3, -0.25) is 0 Å². The molecule has 90 valence electrons. The summed E-state index contributed by atoms with van der Waals surface area (Å²) in [6.45, 7) is 9.15. The smallest absolute Gasteiger partial charge is 0.234 e. The Morgan fingerprint density at radius 1 is 1.47 bits per heavy atom. The van der Waals surface area contributed by atoms with Crippen LogP contribution >= 0.6 is 0 Å². The molecule has 0 amide bonds. The van der Waals surface area contributed by atoms with Crippen LogP contribution in [0, 0.1) is 16.7 Å². The number of nitrogens with one attached hydrogen (secondary N) is 1. The van der Waals surface area contributed by atoms with Crippen LogP contribution in [-0.4, -0.2) is 16.5 Å². The lowest BCUT2D eigenvalue weighted by Gasteiger charge is -2.19. The minimum atomic E-state index is 0.158. The summed E-state index contributed by atoms with van der Waals surface area (Å²) in [5.41, 5.74) is 1.06. The van der Waals surface area contributed by atoms with Crippen molar-refractivity contribution >= 4 is 11.9 Å². The standard InChI is InChI=1S/C13H18N4/c1-5-6-10-8-15-11(7-14)17-12(10)16-9-13(2,3)4/h5-6,8H,9H2,1-4H3,(H,15,16,17)/b6-5+. The molecular weight excluding hydrogens is 212 g/mol. The highest BCUT2D eigenvalue weighted by Crippen LogP contribution is 2.18. The van der Waals surface area contributed by atoms with Crippen LogP contribution in [0.4, 0.5) is 5.82 Å². The van der Waals surface area contributed by atoms with E-state index < -0.39 is 0 Å². The van der Waals surface area contributed by atoms with Gasteiger partial charge < -0.3 is 5.32 Å². The first kappa shape index (κ1) is 13.2. The molecule has 17 heavy (non-hydrogen) atoms. The van der Waals surface area contributed by atoms with E-state index in [1.54, 1.807) is 6.20 Å². The molecule has 0 aromatic carbocycles. The fourth-order valence-electron chi connectivity index (χ4n) is 1.24. The summed E-state index contributed by atoms with van der Waals surface area (Å²) >= 11 is 0. The molecule has 1 heterocycles. The van der Waals surface area contributed by atoms with Gasteiger partial charge in [-0.25, -0.2) is 9.97 Å². The number of nitrogens with zero attached hydrogens (tertiary/aromatic N) is 3. The van der Waals surface area contributed by atoms with Gasteiger partial charge in [-0.2, -0.15) is 5.26 Å². The van der Waals surface area contributed by atoms with E-state index >= 15 is 0 Å². The third kappa shape index (κ3) is 4.23. The lowest BCUT2D eigenvalue weighted by Crippen LogP contribution is -2.20. The van der Waals surface area contributed by atoms with Gasteiger partial charge >= 0.3 is 0 Å². The van der Waals surface area contributed by atoms with Crippen molar-refractivity contribution in [3.05, 3.63) is 23.7 Å². The maximum Gasteiger partial charge on any atom is 0.234 e. The Hall–Kier alpha value is -1.89. The van der Waals surface area contributed by atoms with Crippen LogP contribution in [0.5, 0.6) is 0 Å². The third-order valence-corrected chi connectivity index (χ3v) is 2.05. The second kappa shape index (κ2) is 5.44. The van der Waals surface area contributed by atoms with E-state index in [4.69, 9.17) is 5.26 Å². The molecule has 0 spiro atoms. The van der Waals surface area contributed by atoms with E-state index in [0.29, 0.717) is 5.82 Å². The lowest BCUT2D eigenvalue weighted by atomic mass is 9.97. The van der Waals surface area contributed by atoms with Crippen LogP contribution in [0.15, 0.2) is 12.3 Å². The van der Waals surface area contributed by atoms with Crippen molar-refractivity contribution in [1.82, 2.24) is 9.97 Å². The molecule has 0 bridgehead atoms.